The van der Waals surface area contributed by atoms with E-state index >= 15 is 0 Å². The fourth-order valence-electron chi connectivity index (χ4n) is 2.69. The van der Waals surface area contributed by atoms with Gasteiger partial charge in [0.05, 0.1) is 6.54 Å². The normalized spacial score (nSPS) is 16.1. The molecule has 5 nitrogen and oxygen atoms in total. The van der Waals surface area contributed by atoms with Crippen LogP contribution in [-0.2, 0) is 9.59 Å². The van der Waals surface area contributed by atoms with E-state index in [-0.39, 0.29) is 17.2 Å². The lowest BCUT2D eigenvalue weighted by Gasteiger charge is -2.37. The van der Waals surface area contributed by atoms with Crippen LogP contribution in [0.2, 0.25) is 0 Å². The van der Waals surface area contributed by atoms with Gasteiger partial charge >= 0.3 is 0 Å². The van der Waals surface area contributed by atoms with Crippen molar-refractivity contribution in [3.8, 4) is 0 Å². The number of benzene rings is 1. The van der Waals surface area contributed by atoms with Gasteiger partial charge in [-0.2, -0.15) is 0 Å². The highest BCUT2D eigenvalue weighted by Crippen LogP contribution is 2.20. The van der Waals surface area contributed by atoms with Gasteiger partial charge in [-0.3, -0.25) is 14.5 Å². The quantitative estimate of drug-likeness (QED) is 0.849. The smallest absolute Gasteiger partial charge is 0.238 e. The minimum atomic E-state index is -0.345. The molecule has 0 radical (unpaired) electrons. The second-order valence-electron chi connectivity index (χ2n) is 7.10. The van der Waals surface area contributed by atoms with Crippen LogP contribution in [0.4, 0.5) is 5.69 Å². The van der Waals surface area contributed by atoms with Crippen LogP contribution in [0, 0.1) is 5.41 Å². The third-order valence-electron chi connectivity index (χ3n) is 4.02. The Bertz CT molecular complexity index is 590. The number of carbonyl (C=O) groups is 2. The average Bonchev–Trinajstić information content (AvgIpc) is 2.54. The van der Waals surface area contributed by atoms with E-state index in [4.69, 9.17) is 0 Å². The molecule has 1 aliphatic heterocycles. The summed E-state index contributed by atoms with van der Waals surface area (Å²) in [6.07, 6.45) is 2.01. The summed E-state index contributed by atoms with van der Waals surface area (Å²) in [6.45, 7) is 9.03. The largest absolute Gasteiger partial charge is 0.340 e. The molecule has 0 saturated carbocycles. The number of carbonyl (C=O) groups excluding carboxylic acids is 2. The summed E-state index contributed by atoms with van der Waals surface area (Å²) < 4.78 is 0. The number of thioether (sulfide) groups is 1. The van der Waals surface area contributed by atoms with E-state index < -0.39 is 0 Å². The molecule has 2 rings (SSSR count). The number of nitrogens with one attached hydrogen (secondary N) is 1. The van der Waals surface area contributed by atoms with Crippen LogP contribution in [0.3, 0.4) is 0 Å². The molecule has 1 aromatic carbocycles. The Morgan fingerprint density at radius 2 is 1.83 bits per heavy atom. The molecule has 0 aliphatic carbocycles. The molecular weight excluding hydrogens is 322 g/mol. The lowest BCUT2D eigenvalue weighted by atomic mass is 9.94. The molecule has 1 saturated heterocycles. The van der Waals surface area contributed by atoms with E-state index in [1.165, 1.54) is 0 Å². The van der Waals surface area contributed by atoms with Crippen LogP contribution in [0.25, 0.3) is 0 Å². The lowest BCUT2D eigenvalue weighted by Crippen LogP contribution is -2.52. The highest BCUT2D eigenvalue weighted by molar-refractivity contribution is 7.98. The van der Waals surface area contributed by atoms with Gasteiger partial charge in [-0.25, -0.2) is 0 Å². The maximum Gasteiger partial charge on any atom is 0.238 e. The van der Waals surface area contributed by atoms with Crippen molar-refractivity contribution in [3.05, 3.63) is 24.3 Å². The fraction of sp³-hybridized carbons (Fsp3) is 0.556. The monoisotopic (exact) mass is 349 g/mol. The first kappa shape index (κ1) is 18.8. The van der Waals surface area contributed by atoms with Crippen molar-refractivity contribution in [1.82, 2.24) is 9.80 Å². The van der Waals surface area contributed by atoms with Crippen molar-refractivity contribution >= 4 is 29.3 Å². The lowest BCUT2D eigenvalue weighted by molar-refractivity contribution is -0.141. The first-order valence-electron chi connectivity index (χ1n) is 8.25. The Morgan fingerprint density at radius 1 is 1.17 bits per heavy atom. The predicted octanol–water partition coefficient (Wildman–Crippen LogP) is 2.54. The van der Waals surface area contributed by atoms with Crippen LogP contribution < -0.4 is 5.32 Å². The van der Waals surface area contributed by atoms with E-state index in [2.05, 4.69) is 10.2 Å². The number of anilines is 1. The van der Waals surface area contributed by atoms with Gasteiger partial charge in [-0.1, -0.05) is 26.8 Å². The zero-order valence-corrected chi connectivity index (χ0v) is 15.8. The van der Waals surface area contributed by atoms with Crippen molar-refractivity contribution in [3.63, 3.8) is 0 Å². The Balaban J connectivity index is 1.81. The summed E-state index contributed by atoms with van der Waals surface area (Å²) in [4.78, 5) is 29.6. The molecule has 1 heterocycles. The number of amides is 2. The summed E-state index contributed by atoms with van der Waals surface area (Å²) in [5.41, 5.74) is 0.482. The SMILES string of the molecule is CSc1cccc(NC(=O)CN2CCN(C(=O)C(C)(C)C)CC2)c1. The number of rotatable bonds is 4. The standard InChI is InChI=1S/C18H27N3O2S/c1-18(2,3)17(23)21-10-8-20(9-11-21)13-16(22)19-14-6-5-7-15(12-14)24-4/h5-7,12H,8-11,13H2,1-4H3,(H,19,22). The molecule has 132 valence electrons. The van der Waals surface area contributed by atoms with Gasteiger partial charge in [-0.15, -0.1) is 11.8 Å². The zero-order valence-electron chi connectivity index (χ0n) is 15.0. The van der Waals surface area contributed by atoms with Gasteiger partial charge < -0.3 is 10.2 Å². The molecule has 0 aromatic heterocycles. The molecule has 0 atom stereocenters. The highest BCUT2D eigenvalue weighted by atomic mass is 32.2. The van der Waals surface area contributed by atoms with Crippen LogP contribution in [0.1, 0.15) is 20.8 Å². The summed E-state index contributed by atoms with van der Waals surface area (Å²) in [5, 5.41) is 2.95. The Hall–Kier alpha value is -1.53. The first-order valence-corrected chi connectivity index (χ1v) is 9.48. The van der Waals surface area contributed by atoms with Gasteiger partial charge in [0, 0.05) is 42.2 Å². The number of piperazine rings is 1. The minimum absolute atomic E-state index is 0.0103. The van der Waals surface area contributed by atoms with Crippen LogP contribution >= 0.6 is 11.8 Å². The third kappa shape index (κ3) is 5.24. The Kier molecular flexibility index (Phi) is 6.29. The van der Waals surface area contributed by atoms with Crippen molar-refractivity contribution in [2.75, 3.05) is 44.3 Å². The average molecular weight is 350 g/mol. The van der Waals surface area contributed by atoms with Gasteiger partial charge in [-0.05, 0) is 24.5 Å². The number of hydrogen-bond donors (Lipinski definition) is 1. The molecule has 1 aromatic rings. The van der Waals surface area contributed by atoms with Gasteiger partial charge in [0.15, 0.2) is 0 Å². The topological polar surface area (TPSA) is 52.7 Å². The molecule has 1 aliphatic rings. The van der Waals surface area contributed by atoms with Crippen LogP contribution in [-0.4, -0.2) is 60.6 Å². The number of hydrogen-bond acceptors (Lipinski definition) is 4. The van der Waals surface area contributed by atoms with Crippen molar-refractivity contribution < 1.29 is 9.59 Å². The maximum absolute atomic E-state index is 12.3. The molecule has 0 spiro atoms. The Labute approximate surface area is 148 Å². The summed E-state index contributed by atoms with van der Waals surface area (Å²) in [7, 11) is 0. The van der Waals surface area contributed by atoms with Crippen molar-refractivity contribution in [2.45, 2.75) is 25.7 Å². The van der Waals surface area contributed by atoms with E-state index in [0.717, 1.165) is 23.7 Å². The van der Waals surface area contributed by atoms with E-state index in [9.17, 15) is 9.59 Å². The van der Waals surface area contributed by atoms with Crippen molar-refractivity contribution in [2.24, 2.45) is 5.41 Å². The molecular formula is C18H27N3O2S. The fourth-order valence-corrected chi connectivity index (χ4v) is 3.15. The van der Waals surface area contributed by atoms with Gasteiger partial charge in [0.25, 0.3) is 0 Å². The predicted molar refractivity (Wildman–Crippen MR) is 99.3 cm³/mol. The second kappa shape index (κ2) is 8.03. The molecule has 6 heteroatoms. The molecule has 1 fully saturated rings. The summed E-state index contributed by atoms with van der Waals surface area (Å²) in [6, 6.07) is 7.84. The number of nitrogens with zero attached hydrogens (tertiary/aromatic N) is 2. The van der Waals surface area contributed by atoms with Crippen LogP contribution in [0.15, 0.2) is 29.2 Å². The summed E-state index contributed by atoms with van der Waals surface area (Å²) in [5.74, 6) is 0.171. The highest BCUT2D eigenvalue weighted by Gasteiger charge is 2.29. The van der Waals surface area contributed by atoms with Crippen molar-refractivity contribution in [1.29, 1.82) is 0 Å². The Morgan fingerprint density at radius 3 is 2.42 bits per heavy atom. The van der Waals surface area contributed by atoms with Gasteiger partial charge in [0.1, 0.15) is 0 Å². The molecule has 0 unspecified atom stereocenters. The molecule has 24 heavy (non-hydrogen) atoms. The molecule has 1 N–H and O–H groups in total. The van der Waals surface area contributed by atoms with Gasteiger partial charge in [0.2, 0.25) is 11.8 Å². The third-order valence-corrected chi connectivity index (χ3v) is 4.75. The minimum Gasteiger partial charge on any atom is -0.340 e. The second-order valence-corrected chi connectivity index (χ2v) is 7.98. The maximum atomic E-state index is 12.3. The van der Waals surface area contributed by atoms with E-state index in [1.807, 2.05) is 56.2 Å². The van der Waals surface area contributed by atoms with Crippen LogP contribution in [0.5, 0.6) is 0 Å². The van der Waals surface area contributed by atoms with E-state index in [0.29, 0.717) is 19.6 Å². The van der Waals surface area contributed by atoms with E-state index in [1.54, 1.807) is 11.8 Å². The summed E-state index contributed by atoms with van der Waals surface area (Å²) >= 11 is 1.65. The zero-order chi connectivity index (χ0) is 17.7. The molecule has 2 amide bonds. The molecule has 0 bridgehead atoms. The first-order chi connectivity index (χ1) is 11.3.